The van der Waals surface area contributed by atoms with Crippen LogP contribution in [0.2, 0.25) is 0 Å². The summed E-state index contributed by atoms with van der Waals surface area (Å²) in [7, 11) is 0. The summed E-state index contributed by atoms with van der Waals surface area (Å²) in [5.41, 5.74) is 1.50. The zero-order valence-electron chi connectivity index (χ0n) is 12.5. The Hall–Kier alpha value is -2.49. The minimum absolute atomic E-state index is 0.0497. The lowest BCUT2D eigenvalue weighted by atomic mass is 9.71. The molecule has 0 aliphatic heterocycles. The molecule has 0 amide bonds. The maximum absolute atomic E-state index is 11.0. The van der Waals surface area contributed by atoms with Crippen LogP contribution in [0.5, 0.6) is 5.75 Å². The van der Waals surface area contributed by atoms with Crippen LogP contribution in [0.3, 0.4) is 0 Å². The first kappa shape index (κ1) is 15.9. The zero-order chi connectivity index (χ0) is 16.2. The highest BCUT2D eigenvalue weighted by atomic mass is 16.4. The maximum atomic E-state index is 11.0. The molecular weight excluding hydrogens is 280 g/mol. The molecule has 4 nitrogen and oxygen atoms in total. The highest BCUT2D eigenvalue weighted by Gasteiger charge is 2.31. The third-order valence-electron chi connectivity index (χ3n) is 4.13. The van der Waals surface area contributed by atoms with Crippen molar-refractivity contribution in [1.82, 2.24) is 0 Å². The van der Waals surface area contributed by atoms with Crippen LogP contribution < -0.4 is 0 Å². The van der Waals surface area contributed by atoms with E-state index < -0.39 is 11.4 Å². The molecule has 0 saturated carbocycles. The lowest BCUT2D eigenvalue weighted by Crippen LogP contribution is -2.26. The Balaban J connectivity index is 2.43. The van der Waals surface area contributed by atoms with Crippen LogP contribution in [0.25, 0.3) is 0 Å². The van der Waals surface area contributed by atoms with Gasteiger partial charge in [-0.15, -0.1) is 0 Å². The van der Waals surface area contributed by atoms with Gasteiger partial charge in [0.2, 0.25) is 0 Å². The average Bonchev–Trinajstić information content (AvgIpc) is 2.70. The number of rotatable bonds is 5. The molecule has 1 unspecified atom stereocenters. The molecule has 1 aliphatic carbocycles. The summed E-state index contributed by atoms with van der Waals surface area (Å²) in [6.45, 7) is 2.00. The Morgan fingerprint density at radius 1 is 1.18 bits per heavy atom. The van der Waals surface area contributed by atoms with Crippen LogP contribution >= 0.6 is 0 Å². The molecule has 0 aromatic heterocycles. The van der Waals surface area contributed by atoms with Crippen LogP contribution in [0.15, 0.2) is 59.9 Å². The van der Waals surface area contributed by atoms with Gasteiger partial charge in [-0.25, -0.2) is 0 Å². The fourth-order valence-electron chi connectivity index (χ4n) is 2.70. The number of carboxylic acid groups (broad SMARTS) is 1. The minimum atomic E-state index is -0.840. The van der Waals surface area contributed by atoms with Gasteiger partial charge in [0.15, 0.2) is 0 Å². The Labute approximate surface area is 129 Å². The number of aliphatic hydroxyl groups excluding tert-OH is 1. The van der Waals surface area contributed by atoms with Crippen molar-refractivity contribution >= 4 is 5.97 Å². The number of allylic oxidation sites excluding steroid dienone is 5. The first-order valence-electron chi connectivity index (χ1n) is 7.20. The highest BCUT2D eigenvalue weighted by molar-refractivity contribution is 5.67. The zero-order valence-corrected chi connectivity index (χ0v) is 12.5. The van der Waals surface area contributed by atoms with E-state index in [0.29, 0.717) is 12.8 Å². The van der Waals surface area contributed by atoms with Crippen LogP contribution in [0.4, 0.5) is 0 Å². The Morgan fingerprint density at radius 3 is 2.50 bits per heavy atom. The summed E-state index contributed by atoms with van der Waals surface area (Å²) in [6.07, 6.45) is 8.11. The van der Waals surface area contributed by atoms with E-state index in [-0.39, 0.29) is 17.9 Å². The van der Waals surface area contributed by atoms with Crippen LogP contribution in [-0.2, 0) is 10.2 Å². The third kappa shape index (κ3) is 3.58. The van der Waals surface area contributed by atoms with Gasteiger partial charge in [-0.3, -0.25) is 4.79 Å². The fourth-order valence-corrected chi connectivity index (χ4v) is 2.70. The molecule has 22 heavy (non-hydrogen) atoms. The van der Waals surface area contributed by atoms with E-state index in [2.05, 4.69) is 0 Å². The molecule has 1 aliphatic rings. The standard InChI is InChI=1S/C18H20O4/c1-18(12-11-17(21)22,14-6-9-16(20)10-7-14)13-3-2-4-15(19)8-5-13/h2,4-10,19-20H,3,11-12H2,1H3,(H,21,22). The molecule has 1 atom stereocenters. The number of aliphatic hydroxyl groups is 1. The molecule has 0 bridgehead atoms. The number of hydrogen-bond donors (Lipinski definition) is 3. The second-order valence-electron chi connectivity index (χ2n) is 5.66. The number of carboxylic acids is 1. The second kappa shape index (κ2) is 6.52. The molecule has 0 saturated heterocycles. The van der Waals surface area contributed by atoms with Gasteiger partial charge < -0.3 is 15.3 Å². The Bertz CT molecular complexity index is 638. The summed E-state index contributed by atoms with van der Waals surface area (Å²) in [6, 6.07) is 6.84. The molecule has 0 radical (unpaired) electrons. The van der Waals surface area contributed by atoms with Gasteiger partial charge in [0.1, 0.15) is 11.5 Å². The van der Waals surface area contributed by atoms with Gasteiger partial charge >= 0.3 is 5.97 Å². The molecule has 0 heterocycles. The highest BCUT2D eigenvalue weighted by Crippen LogP contribution is 2.39. The maximum Gasteiger partial charge on any atom is 0.303 e. The fraction of sp³-hybridized carbons (Fsp3) is 0.278. The van der Waals surface area contributed by atoms with Crippen molar-refractivity contribution in [2.75, 3.05) is 0 Å². The van der Waals surface area contributed by atoms with E-state index in [1.807, 2.05) is 31.2 Å². The van der Waals surface area contributed by atoms with Crippen molar-refractivity contribution in [2.24, 2.45) is 0 Å². The lowest BCUT2D eigenvalue weighted by molar-refractivity contribution is -0.137. The molecule has 0 spiro atoms. The number of phenols is 1. The number of aliphatic carboxylic acids is 1. The van der Waals surface area contributed by atoms with E-state index in [0.717, 1.165) is 11.1 Å². The largest absolute Gasteiger partial charge is 0.508 e. The first-order valence-corrected chi connectivity index (χ1v) is 7.20. The summed E-state index contributed by atoms with van der Waals surface area (Å²) in [4.78, 5) is 11.0. The van der Waals surface area contributed by atoms with E-state index in [1.54, 1.807) is 24.3 Å². The van der Waals surface area contributed by atoms with Crippen molar-refractivity contribution < 1.29 is 20.1 Å². The second-order valence-corrected chi connectivity index (χ2v) is 5.66. The average molecular weight is 300 g/mol. The predicted octanol–water partition coefficient (Wildman–Crippen LogP) is 3.84. The molecular formula is C18H20O4. The van der Waals surface area contributed by atoms with Gasteiger partial charge in [0.05, 0.1) is 0 Å². The van der Waals surface area contributed by atoms with E-state index >= 15 is 0 Å². The molecule has 2 rings (SSSR count). The number of hydrogen-bond acceptors (Lipinski definition) is 3. The molecule has 0 fully saturated rings. The molecule has 1 aromatic carbocycles. The SMILES string of the molecule is CC(CCC(=O)O)(C1=CC=C(O)C=CC1)c1ccc(O)cc1. The van der Waals surface area contributed by atoms with E-state index in [1.165, 1.54) is 0 Å². The van der Waals surface area contributed by atoms with E-state index in [4.69, 9.17) is 5.11 Å². The van der Waals surface area contributed by atoms with Crippen molar-refractivity contribution in [2.45, 2.75) is 31.6 Å². The summed E-state index contributed by atoms with van der Waals surface area (Å²) >= 11 is 0. The van der Waals surface area contributed by atoms with Crippen molar-refractivity contribution in [3.63, 3.8) is 0 Å². The lowest BCUT2D eigenvalue weighted by Gasteiger charge is -2.32. The predicted molar refractivity (Wildman–Crippen MR) is 84.9 cm³/mol. The summed E-state index contributed by atoms with van der Waals surface area (Å²) in [5.74, 6) is -0.480. The molecule has 1 aromatic rings. The van der Waals surface area contributed by atoms with Gasteiger partial charge in [0, 0.05) is 11.8 Å². The normalized spacial score (nSPS) is 17.1. The molecule has 116 valence electrons. The third-order valence-corrected chi connectivity index (χ3v) is 4.13. The number of phenolic OH excluding ortho intramolecular Hbond substituents is 1. The molecule has 4 heteroatoms. The summed E-state index contributed by atoms with van der Waals surface area (Å²) in [5, 5.41) is 28.1. The van der Waals surface area contributed by atoms with Crippen LogP contribution in [0.1, 0.15) is 31.7 Å². The summed E-state index contributed by atoms with van der Waals surface area (Å²) < 4.78 is 0. The van der Waals surface area contributed by atoms with Gasteiger partial charge in [-0.05, 0) is 42.7 Å². The van der Waals surface area contributed by atoms with Crippen LogP contribution in [0, 0.1) is 0 Å². The Kier molecular flexibility index (Phi) is 4.71. The van der Waals surface area contributed by atoms with Gasteiger partial charge in [-0.1, -0.05) is 36.8 Å². The smallest absolute Gasteiger partial charge is 0.303 e. The van der Waals surface area contributed by atoms with Gasteiger partial charge in [-0.2, -0.15) is 0 Å². The van der Waals surface area contributed by atoms with Crippen molar-refractivity contribution in [3.05, 3.63) is 65.5 Å². The minimum Gasteiger partial charge on any atom is -0.508 e. The number of benzene rings is 1. The first-order chi connectivity index (χ1) is 10.4. The quantitative estimate of drug-likeness (QED) is 0.772. The topological polar surface area (TPSA) is 77.8 Å². The monoisotopic (exact) mass is 300 g/mol. The number of carbonyl (C=O) groups is 1. The van der Waals surface area contributed by atoms with Gasteiger partial charge in [0.25, 0.3) is 0 Å². The van der Waals surface area contributed by atoms with Crippen LogP contribution in [-0.4, -0.2) is 21.3 Å². The number of aromatic hydroxyl groups is 1. The molecule has 3 N–H and O–H groups in total. The van der Waals surface area contributed by atoms with Crippen molar-refractivity contribution in [3.8, 4) is 5.75 Å². The van der Waals surface area contributed by atoms with Crippen molar-refractivity contribution in [1.29, 1.82) is 0 Å². The Morgan fingerprint density at radius 2 is 1.86 bits per heavy atom. The van der Waals surface area contributed by atoms with E-state index in [9.17, 15) is 15.0 Å².